The largest absolute Gasteiger partial charge is 0.444 e. The van der Waals surface area contributed by atoms with Gasteiger partial charge in [-0.2, -0.15) is 0 Å². The molecule has 2 N–H and O–H groups in total. The fraction of sp³-hybridized carbons (Fsp3) is 0.938. The predicted octanol–water partition coefficient (Wildman–Crippen LogP) is 2.24. The van der Waals surface area contributed by atoms with Crippen LogP contribution in [0.3, 0.4) is 0 Å². The van der Waals surface area contributed by atoms with Crippen LogP contribution in [0.4, 0.5) is 4.79 Å². The molecule has 6 nitrogen and oxygen atoms in total. The normalized spacial score (nSPS) is 19.3. The highest BCUT2D eigenvalue weighted by atomic mass is 32.2. The molecule has 0 radical (unpaired) electrons. The van der Waals surface area contributed by atoms with E-state index < -0.39 is 21.5 Å². The third-order valence-corrected chi connectivity index (χ3v) is 6.12. The molecule has 0 saturated carbocycles. The average Bonchev–Trinajstić information content (AvgIpc) is 2.42. The Bertz CT molecular complexity index is 479. The number of alkyl carbamates (subject to hydrolysis) is 1. The topological polar surface area (TPSA) is 84.5 Å². The zero-order chi connectivity index (χ0) is 17.7. The van der Waals surface area contributed by atoms with E-state index in [4.69, 9.17) is 4.74 Å². The number of carbonyl (C=O) groups excluding carboxylic acids is 1. The molecule has 0 bridgehead atoms. The molecule has 1 saturated heterocycles. The lowest BCUT2D eigenvalue weighted by Gasteiger charge is -2.36. The van der Waals surface area contributed by atoms with E-state index in [-0.39, 0.29) is 23.1 Å². The highest BCUT2D eigenvalue weighted by molar-refractivity contribution is 7.91. The summed E-state index contributed by atoms with van der Waals surface area (Å²) in [6, 6.07) is 0.191. The Labute approximate surface area is 140 Å². The summed E-state index contributed by atoms with van der Waals surface area (Å²) >= 11 is 0. The quantitative estimate of drug-likeness (QED) is 0.769. The van der Waals surface area contributed by atoms with Crippen LogP contribution in [0, 0.1) is 0 Å². The standard InChI is InChI=1S/C16H32N2O4S/c1-6-16(7-2,18-14(19)22-15(3,4)5)12-17-13-8-10-23(20,21)11-9-13/h13,17H,6-12H2,1-5H3,(H,18,19). The van der Waals surface area contributed by atoms with Crippen LogP contribution in [0.2, 0.25) is 0 Å². The predicted molar refractivity (Wildman–Crippen MR) is 92.4 cm³/mol. The van der Waals surface area contributed by atoms with E-state index in [2.05, 4.69) is 10.6 Å². The Morgan fingerprint density at radius 2 is 1.65 bits per heavy atom. The average molecular weight is 349 g/mol. The van der Waals surface area contributed by atoms with Gasteiger partial charge in [0.15, 0.2) is 0 Å². The van der Waals surface area contributed by atoms with Crippen LogP contribution in [0.1, 0.15) is 60.3 Å². The van der Waals surface area contributed by atoms with E-state index in [0.29, 0.717) is 19.4 Å². The first-order chi connectivity index (χ1) is 10.5. The highest BCUT2D eigenvalue weighted by Gasteiger charge is 2.32. The fourth-order valence-electron chi connectivity index (χ4n) is 2.67. The van der Waals surface area contributed by atoms with Gasteiger partial charge in [-0.05, 0) is 46.5 Å². The molecule has 0 unspecified atom stereocenters. The first-order valence-corrected chi connectivity index (χ1v) is 10.3. The van der Waals surface area contributed by atoms with Crippen LogP contribution in [0.25, 0.3) is 0 Å². The molecule has 0 aliphatic carbocycles. The summed E-state index contributed by atoms with van der Waals surface area (Å²) < 4.78 is 28.3. The Hall–Kier alpha value is -0.820. The minimum absolute atomic E-state index is 0.191. The number of nitrogens with one attached hydrogen (secondary N) is 2. The number of hydrogen-bond donors (Lipinski definition) is 2. The minimum Gasteiger partial charge on any atom is -0.444 e. The van der Waals surface area contributed by atoms with E-state index in [1.807, 2.05) is 34.6 Å². The first-order valence-electron chi connectivity index (χ1n) is 8.46. The second-order valence-corrected chi connectivity index (χ2v) is 9.72. The Morgan fingerprint density at radius 3 is 2.09 bits per heavy atom. The molecule has 0 spiro atoms. The number of ether oxygens (including phenoxy) is 1. The number of sulfone groups is 1. The molecular formula is C16H32N2O4S. The number of amides is 1. The van der Waals surface area contributed by atoms with E-state index in [0.717, 1.165) is 12.8 Å². The van der Waals surface area contributed by atoms with E-state index in [9.17, 15) is 13.2 Å². The lowest BCUT2D eigenvalue weighted by molar-refractivity contribution is 0.0443. The second kappa shape index (κ2) is 7.83. The molecule has 0 atom stereocenters. The van der Waals surface area contributed by atoms with Crippen molar-refractivity contribution in [2.45, 2.75) is 77.5 Å². The summed E-state index contributed by atoms with van der Waals surface area (Å²) in [6.45, 7) is 10.2. The van der Waals surface area contributed by atoms with E-state index in [1.165, 1.54) is 0 Å². The second-order valence-electron chi connectivity index (χ2n) is 7.42. The molecule has 1 rings (SSSR count). The third-order valence-electron chi connectivity index (χ3n) is 4.40. The van der Waals surface area contributed by atoms with Crippen LogP contribution in [0.15, 0.2) is 0 Å². The van der Waals surface area contributed by atoms with Gasteiger partial charge in [0.1, 0.15) is 15.4 Å². The van der Waals surface area contributed by atoms with Crippen molar-refractivity contribution < 1.29 is 17.9 Å². The van der Waals surface area contributed by atoms with Gasteiger partial charge in [-0.15, -0.1) is 0 Å². The summed E-state index contributed by atoms with van der Waals surface area (Å²) in [6.07, 6.45) is 2.42. The van der Waals surface area contributed by atoms with Gasteiger partial charge in [0, 0.05) is 12.6 Å². The monoisotopic (exact) mass is 348 g/mol. The Morgan fingerprint density at radius 1 is 1.13 bits per heavy atom. The van der Waals surface area contributed by atoms with Gasteiger partial charge < -0.3 is 15.4 Å². The van der Waals surface area contributed by atoms with Crippen LogP contribution < -0.4 is 10.6 Å². The summed E-state index contributed by atoms with van der Waals surface area (Å²) in [5.74, 6) is 0.491. The molecule has 1 fully saturated rings. The molecule has 1 aliphatic rings. The molecule has 0 aromatic carbocycles. The number of carbonyl (C=O) groups is 1. The Balaban J connectivity index is 2.58. The molecule has 7 heteroatoms. The van der Waals surface area contributed by atoms with Gasteiger partial charge >= 0.3 is 6.09 Å². The lowest BCUT2D eigenvalue weighted by atomic mass is 9.92. The zero-order valence-corrected chi connectivity index (χ0v) is 15.9. The molecule has 1 aliphatic heterocycles. The molecule has 1 amide bonds. The van der Waals surface area contributed by atoms with Crippen molar-refractivity contribution in [1.29, 1.82) is 0 Å². The summed E-state index contributed by atoms with van der Waals surface area (Å²) in [5, 5.41) is 6.44. The summed E-state index contributed by atoms with van der Waals surface area (Å²) in [4.78, 5) is 12.1. The summed E-state index contributed by atoms with van der Waals surface area (Å²) in [7, 11) is -2.85. The fourth-order valence-corrected chi connectivity index (χ4v) is 4.17. The van der Waals surface area contributed by atoms with Crippen molar-refractivity contribution in [1.82, 2.24) is 10.6 Å². The molecule has 0 aromatic heterocycles. The van der Waals surface area contributed by atoms with E-state index in [1.54, 1.807) is 0 Å². The van der Waals surface area contributed by atoms with Gasteiger partial charge in [-0.25, -0.2) is 13.2 Å². The van der Waals surface area contributed by atoms with Gasteiger partial charge in [-0.1, -0.05) is 13.8 Å². The van der Waals surface area contributed by atoms with Gasteiger partial charge in [0.2, 0.25) is 0 Å². The third kappa shape index (κ3) is 7.08. The van der Waals surface area contributed by atoms with Gasteiger partial charge in [0.05, 0.1) is 17.0 Å². The van der Waals surface area contributed by atoms with Crippen molar-refractivity contribution in [2.75, 3.05) is 18.1 Å². The van der Waals surface area contributed by atoms with Crippen molar-refractivity contribution >= 4 is 15.9 Å². The minimum atomic E-state index is -2.85. The SMILES string of the molecule is CCC(CC)(CNC1CCS(=O)(=O)CC1)NC(=O)OC(C)(C)C. The highest BCUT2D eigenvalue weighted by Crippen LogP contribution is 2.18. The van der Waals surface area contributed by atoms with Gasteiger partial charge in [0.25, 0.3) is 0 Å². The number of rotatable bonds is 6. The van der Waals surface area contributed by atoms with Crippen molar-refractivity contribution in [3.05, 3.63) is 0 Å². The molecule has 23 heavy (non-hydrogen) atoms. The van der Waals surface area contributed by atoms with Gasteiger partial charge in [-0.3, -0.25) is 0 Å². The first kappa shape index (κ1) is 20.2. The van der Waals surface area contributed by atoms with Crippen LogP contribution in [-0.4, -0.2) is 49.7 Å². The smallest absolute Gasteiger partial charge is 0.408 e. The molecular weight excluding hydrogens is 316 g/mol. The molecule has 0 aromatic rings. The molecule has 1 heterocycles. The Kier molecular flexibility index (Phi) is 6.89. The maximum Gasteiger partial charge on any atom is 0.408 e. The molecule has 136 valence electrons. The van der Waals surface area contributed by atoms with Crippen LogP contribution in [0.5, 0.6) is 0 Å². The van der Waals surface area contributed by atoms with Crippen LogP contribution >= 0.6 is 0 Å². The summed E-state index contributed by atoms with van der Waals surface area (Å²) in [5.41, 5.74) is -0.902. The number of hydrogen-bond acceptors (Lipinski definition) is 5. The van der Waals surface area contributed by atoms with E-state index >= 15 is 0 Å². The van der Waals surface area contributed by atoms with Crippen molar-refractivity contribution in [3.8, 4) is 0 Å². The van der Waals surface area contributed by atoms with Crippen molar-refractivity contribution in [3.63, 3.8) is 0 Å². The lowest BCUT2D eigenvalue weighted by Crippen LogP contribution is -2.57. The van der Waals surface area contributed by atoms with Crippen molar-refractivity contribution in [2.24, 2.45) is 0 Å². The maximum atomic E-state index is 12.1. The zero-order valence-electron chi connectivity index (χ0n) is 15.1. The maximum absolute atomic E-state index is 12.1. The van der Waals surface area contributed by atoms with Crippen LogP contribution in [-0.2, 0) is 14.6 Å².